The van der Waals surface area contributed by atoms with Gasteiger partial charge in [0, 0.05) is 0 Å². The van der Waals surface area contributed by atoms with E-state index in [9.17, 15) is 92.2 Å². The summed E-state index contributed by atoms with van der Waals surface area (Å²) in [6.07, 6.45) is -46.8. The highest BCUT2D eigenvalue weighted by Crippen LogP contribution is 2.59. The van der Waals surface area contributed by atoms with Crippen molar-refractivity contribution in [1.82, 2.24) is 9.97 Å². The van der Waals surface area contributed by atoms with Crippen LogP contribution >= 0.6 is 0 Å². The Labute approximate surface area is 191 Å². The summed E-state index contributed by atoms with van der Waals surface area (Å²) < 4.78 is 277. The molecular weight excluding hydrogens is 609 g/mol. The lowest BCUT2D eigenvalue weighted by Crippen LogP contribution is -2.56. The number of nitriles is 1. The maximum atomic E-state index is 14.4. The minimum atomic E-state index is -7.81. The standard InChI is InChI=1S/C14F21N3/c15-6(9(18,19)20,10(21,22)23)3-2(1-36)4(7(16,11(24,25)26)12(27,28)29)38-5(37-3)8(17,13(30,31)32)14(33,34)35. The Morgan fingerprint density at radius 3 is 0.763 bits per heavy atom. The third-order valence-corrected chi connectivity index (χ3v) is 4.33. The Kier molecular flexibility index (Phi) is 7.45. The zero-order valence-corrected chi connectivity index (χ0v) is 16.3. The first kappa shape index (κ1) is 33.1. The quantitative estimate of drug-likeness (QED) is 0.341. The monoisotopic (exact) mass is 609 g/mol. The van der Waals surface area contributed by atoms with Crippen molar-refractivity contribution in [2.75, 3.05) is 0 Å². The number of aromatic nitrogens is 2. The van der Waals surface area contributed by atoms with Crippen LogP contribution in [0.25, 0.3) is 0 Å². The number of hydrogen-bond donors (Lipinski definition) is 0. The summed E-state index contributed by atoms with van der Waals surface area (Å²) in [4.78, 5) is 2.05. The molecule has 0 saturated heterocycles. The predicted octanol–water partition coefficient (Wildman–Crippen LogP) is 7.22. The van der Waals surface area contributed by atoms with E-state index >= 15 is 0 Å². The lowest BCUT2D eigenvalue weighted by atomic mass is 9.88. The van der Waals surface area contributed by atoms with Crippen molar-refractivity contribution in [3.8, 4) is 6.07 Å². The molecule has 0 aliphatic heterocycles. The van der Waals surface area contributed by atoms with Gasteiger partial charge in [0.15, 0.2) is 5.82 Å². The topological polar surface area (TPSA) is 49.6 Å². The fraction of sp³-hybridized carbons (Fsp3) is 0.643. The van der Waals surface area contributed by atoms with Crippen molar-refractivity contribution in [2.45, 2.75) is 54.1 Å². The molecule has 0 N–H and O–H groups in total. The van der Waals surface area contributed by atoms with Crippen LogP contribution in [0.2, 0.25) is 0 Å². The van der Waals surface area contributed by atoms with Gasteiger partial charge >= 0.3 is 54.1 Å². The van der Waals surface area contributed by atoms with Gasteiger partial charge in [-0.25, -0.2) is 23.1 Å². The molecule has 24 heteroatoms. The second-order valence-corrected chi connectivity index (χ2v) is 6.69. The number of halogens is 21. The molecule has 0 saturated carbocycles. The average Bonchev–Trinajstić information content (AvgIpc) is 2.65. The maximum absolute atomic E-state index is 14.4. The summed E-state index contributed by atoms with van der Waals surface area (Å²) in [6.45, 7) is 0. The normalized spacial score (nSPS) is 15.5. The molecule has 38 heavy (non-hydrogen) atoms. The molecule has 218 valence electrons. The molecule has 0 amide bonds. The molecule has 0 spiro atoms. The second-order valence-electron chi connectivity index (χ2n) is 6.69. The van der Waals surface area contributed by atoms with Gasteiger partial charge in [-0.1, -0.05) is 0 Å². The summed E-state index contributed by atoms with van der Waals surface area (Å²) in [7, 11) is 0. The Bertz CT molecular complexity index is 989. The van der Waals surface area contributed by atoms with Gasteiger partial charge in [0.25, 0.3) is 0 Å². The molecule has 0 aliphatic rings. The summed E-state index contributed by atoms with van der Waals surface area (Å²) in [5, 5.41) is 8.63. The van der Waals surface area contributed by atoms with Gasteiger partial charge in [0.1, 0.15) is 23.0 Å². The summed E-state index contributed by atoms with van der Waals surface area (Å²) in [5.74, 6) is -4.53. The van der Waals surface area contributed by atoms with Gasteiger partial charge in [-0.05, 0) is 0 Å². The largest absolute Gasteiger partial charge is 0.439 e. The highest BCUT2D eigenvalue weighted by molar-refractivity contribution is 5.47. The lowest BCUT2D eigenvalue weighted by Gasteiger charge is -2.35. The maximum Gasteiger partial charge on any atom is 0.439 e. The molecule has 1 heterocycles. The molecule has 0 unspecified atom stereocenters. The van der Waals surface area contributed by atoms with E-state index < -0.39 is 82.9 Å². The molecule has 0 aliphatic carbocycles. The van der Waals surface area contributed by atoms with Gasteiger partial charge < -0.3 is 0 Å². The van der Waals surface area contributed by atoms with Crippen LogP contribution in [0, 0.1) is 11.3 Å². The van der Waals surface area contributed by atoms with E-state index in [1.54, 1.807) is 0 Å². The Hall–Kier alpha value is -2.90. The smallest absolute Gasteiger partial charge is 0.228 e. The highest BCUT2D eigenvalue weighted by atomic mass is 19.4. The molecule has 1 aromatic heterocycles. The van der Waals surface area contributed by atoms with Gasteiger partial charge in [0.05, 0.1) is 0 Å². The summed E-state index contributed by atoms with van der Waals surface area (Å²) in [5.41, 5.74) is -35.9. The van der Waals surface area contributed by atoms with Crippen LogP contribution in [-0.2, 0) is 17.0 Å². The summed E-state index contributed by atoms with van der Waals surface area (Å²) >= 11 is 0. The Balaban J connectivity index is 4.83. The lowest BCUT2D eigenvalue weighted by molar-refractivity contribution is -0.356. The number of alkyl halides is 21. The van der Waals surface area contributed by atoms with Crippen molar-refractivity contribution < 1.29 is 92.2 Å². The van der Waals surface area contributed by atoms with Crippen LogP contribution in [0.5, 0.6) is 0 Å². The van der Waals surface area contributed by atoms with Crippen LogP contribution < -0.4 is 0 Å². The zero-order valence-electron chi connectivity index (χ0n) is 16.3. The van der Waals surface area contributed by atoms with Crippen LogP contribution in [0.15, 0.2) is 0 Å². The third kappa shape index (κ3) is 4.50. The minimum Gasteiger partial charge on any atom is -0.228 e. The number of hydrogen-bond acceptors (Lipinski definition) is 3. The van der Waals surface area contributed by atoms with Crippen LogP contribution in [0.1, 0.15) is 22.8 Å². The average molecular weight is 609 g/mol. The molecular formula is C14F21N3. The zero-order chi connectivity index (χ0) is 30.9. The van der Waals surface area contributed by atoms with E-state index in [0.717, 1.165) is 9.97 Å². The van der Waals surface area contributed by atoms with Gasteiger partial charge in [-0.15, -0.1) is 0 Å². The van der Waals surface area contributed by atoms with Crippen molar-refractivity contribution in [1.29, 1.82) is 5.26 Å². The first-order valence-corrected chi connectivity index (χ1v) is 8.09. The molecule has 1 aromatic rings. The highest BCUT2D eigenvalue weighted by Gasteiger charge is 2.81. The number of nitrogens with zero attached hydrogens (tertiary/aromatic N) is 3. The second kappa shape index (κ2) is 8.55. The molecule has 0 radical (unpaired) electrons. The van der Waals surface area contributed by atoms with E-state index in [-0.39, 0.29) is 0 Å². The molecule has 0 bridgehead atoms. The first-order valence-electron chi connectivity index (χ1n) is 8.09. The fourth-order valence-corrected chi connectivity index (χ4v) is 2.49. The Morgan fingerprint density at radius 1 is 0.395 bits per heavy atom. The fourth-order valence-electron chi connectivity index (χ4n) is 2.49. The van der Waals surface area contributed by atoms with Crippen LogP contribution in [0.3, 0.4) is 0 Å². The molecule has 0 aromatic carbocycles. The van der Waals surface area contributed by atoms with Crippen molar-refractivity contribution in [3.63, 3.8) is 0 Å². The Morgan fingerprint density at radius 2 is 0.605 bits per heavy atom. The number of rotatable bonds is 3. The molecule has 0 atom stereocenters. The van der Waals surface area contributed by atoms with E-state index in [2.05, 4.69) is 0 Å². The minimum absolute atomic E-state index is 0.470. The van der Waals surface area contributed by atoms with Gasteiger partial charge in [-0.2, -0.15) is 84.3 Å². The van der Waals surface area contributed by atoms with E-state index in [1.807, 2.05) is 0 Å². The van der Waals surface area contributed by atoms with E-state index in [4.69, 9.17) is 5.26 Å². The van der Waals surface area contributed by atoms with Crippen molar-refractivity contribution >= 4 is 0 Å². The van der Waals surface area contributed by atoms with Gasteiger partial charge in [0.2, 0.25) is 0 Å². The molecule has 0 fully saturated rings. The van der Waals surface area contributed by atoms with Gasteiger partial charge in [-0.3, -0.25) is 0 Å². The molecule has 1 rings (SSSR count). The summed E-state index contributed by atoms with van der Waals surface area (Å²) in [6, 6.07) is -0.470. The van der Waals surface area contributed by atoms with Crippen LogP contribution in [0.4, 0.5) is 92.2 Å². The van der Waals surface area contributed by atoms with Crippen LogP contribution in [-0.4, -0.2) is 47.0 Å². The first-order chi connectivity index (χ1) is 16.3. The predicted molar refractivity (Wildman–Crippen MR) is 71.4 cm³/mol. The van der Waals surface area contributed by atoms with E-state index in [1.165, 1.54) is 0 Å². The van der Waals surface area contributed by atoms with E-state index in [0.29, 0.717) is 0 Å². The molecule has 3 nitrogen and oxygen atoms in total. The van der Waals surface area contributed by atoms with Crippen molar-refractivity contribution in [3.05, 3.63) is 22.8 Å². The van der Waals surface area contributed by atoms with Crippen molar-refractivity contribution in [2.24, 2.45) is 0 Å². The SMILES string of the molecule is N#Cc1c(C(F)(C(F)(F)F)C(F)(F)F)nc(C(F)(C(F)(F)F)C(F)(F)F)nc1C(F)(C(F)(F)F)C(F)(F)F. The third-order valence-electron chi connectivity index (χ3n) is 4.33.